The number of rotatable bonds is 3. The average molecular weight is 268 g/mol. The number of halogens is 2. The third-order valence-corrected chi connectivity index (χ3v) is 3.45. The van der Waals surface area contributed by atoms with Crippen molar-refractivity contribution in [1.82, 2.24) is 5.32 Å². The standard InChI is InChI=1S/C13H15ClFN3/c14-12-8-11(3-4-13(12)15)18-7-1-2-10(9-18)17-6-5-16/h3-4,8,10,17H,1-2,6-7,9H2. The molecule has 0 saturated carbocycles. The maximum Gasteiger partial charge on any atom is 0.141 e. The summed E-state index contributed by atoms with van der Waals surface area (Å²) >= 11 is 5.79. The van der Waals surface area contributed by atoms with Crippen LogP contribution in [0.2, 0.25) is 5.02 Å². The zero-order valence-electron chi connectivity index (χ0n) is 10.00. The molecule has 1 saturated heterocycles. The normalized spacial score (nSPS) is 19.6. The first-order chi connectivity index (χ1) is 8.70. The van der Waals surface area contributed by atoms with E-state index in [1.165, 1.54) is 6.07 Å². The number of nitrogens with zero attached hydrogens (tertiary/aromatic N) is 2. The average Bonchev–Trinajstić information content (AvgIpc) is 2.40. The van der Waals surface area contributed by atoms with Crippen LogP contribution in [0, 0.1) is 17.1 Å². The molecule has 0 aliphatic carbocycles. The van der Waals surface area contributed by atoms with Crippen molar-refractivity contribution in [2.24, 2.45) is 0 Å². The Morgan fingerprint density at radius 2 is 2.39 bits per heavy atom. The van der Waals surface area contributed by atoms with Crippen molar-refractivity contribution in [2.75, 3.05) is 24.5 Å². The second-order valence-electron chi connectivity index (χ2n) is 4.42. The second-order valence-corrected chi connectivity index (χ2v) is 4.83. The second kappa shape index (κ2) is 6.03. The number of hydrogen-bond donors (Lipinski definition) is 1. The molecule has 96 valence electrons. The number of piperidine rings is 1. The van der Waals surface area contributed by atoms with E-state index in [1.54, 1.807) is 12.1 Å². The van der Waals surface area contributed by atoms with E-state index in [-0.39, 0.29) is 5.02 Å². The number of hydrogen-bond acceptors (Lipinski definition) is 3. The van der Waals surface area contributed by atoms with E-state index in [4.69, 9.17) is 16.9 Å². The molecular formula is C13H15ClFN3. The van der Waals surface area contributed by atoms with Gasteiger partial charge in [-0.3, -0.25) is 5.32 Å². The minimum absolute atomic E-state index is 0.152. The van der Waals surface area contributed by atoms with Crippen LogP contribution in [0.25, 0.3) is 0 Å². The van der Waals surface area contributed by atoms with E-state index in [0.29, 0.717) is 12.6 Å². The Morgan fingerprint density at radius 3 is 3.11 bits per heavy atom. The molecule has 3 nitrogen and oxygen atoms in total. The van der Waals surface area contributed by atoms with Crippen LogP contribution in [0.1, 0.15) is 12.8 Å². The van der Waals surface area contributed by atoms with Gasteiger partial charge in [0.15, 0.2) is 0 Å². The molecule has 1 unspecified atom stereocenters. The van der Waals surface area contributed by atoms with Gasteiger partial charge in [-0.25, -0.2) is 4.39 Å². The summed E-state index contributed by atoms with van der Waals surface area (Å²) < 4.78 is 13.1. The Labute approximate surface area is 111 Å². The van der Waals surface area contributed by atoms with Crippen LogP contribution >= 0.6 is 11.6 Å². The van der Waals surface area contributed by atoms with Crippen molar-refractivity contribution < 1.29 is 4.39 Å². The highest BCUT2D eigenvalue weighted by Gasteiger charge is 2.20. The molecule has 0 amide bonds. The van der Waals surface area contributed by atoms with E-state index in [0.717, 1.165) is 31.6 Å². The smallest absolute Gasteiger partial charge is 0.141 e. The van der Waals surface area contributed by atoms with Gasteiger partial charge in [0.05, 0.1) is 17.6 Å². The molecule has 2 rings (SSSR count). The molecular weight excluding hydrogens is 253 g/mol. The molecule has 1 N–H and O–H groups in total. The van der Waals surface area contributed by atoms with Gasteiger partial charge in [-0.1, -0.05) is 11.6 Å². The highest BCUT2D eigenvalue weighted by atomic mass is 35.5. The first-order valence-electron chi connectivity index (χ1n) is 6.01. The predicted molar refractivity (Wildman–Crippen MR) is 70.3 cm³/mol. The van der Waals surface area contributed by atoms with E-state index in [1.807, 2.05) is 0 Å². The van der Waals surface area contributed by atoms with Crippen LogP contribution in [0.15, 0.2) is 18.2 Å². The van der Waals surface area contributed by atoms with Gasteiger partial charge in [-0.05, 0) is 31.0 Å². The summed E-state index contributed by atoms with van der Waals surface area (Å²) in [6.45, 7) is 2.12. The SMILES string of the molecule is N#CCNC1CCCN(c2ccc(F)c(Cl)c2)C1. The van der Waals surface area contributed by atoms with Crippen LogP contribution in [-0.4, -0.2) is 25.7 Å². The Hall–Kier alpha value is -1.31. The van der Waals surface area contributed by atoms with Crippen molar-refractivity contribution in [2.45, 2.75) is 18.9 Å². The van der Waals surface area contributed by atoms with Crippen LogP contribution in [-0.2, 0) is 0 Å². The van der Waals surface area contributed by atoms with Gasteiger partial charge < -0.3 is 4.90 Å². The fourth-order valence-electron chi connectivity index (χ4n) is 2.25. The van der Waals surface area contributed by atoms with Crippen LogP contribution < -0.4 is 10.2 Å². The molecule has 0 spiro atoms. The highest BCUT2D eigenvalue weighted by molar-refractivity contribution is 6.31. The molecule has 1 heterocycles. The first kappa shape index (κ1) is 13.1. The highest BCUT2D eigenvalue weighted by Crippen LogP contribution is 2.25. The van der Waals surface area contributed by atoms with E-state index in [2.05, 4.69) is 16.3 Å². The fourth-order valence-corrected chi connectivity index (χ4v) is 2.42. The fraction of sp³-hybridized carbons (Fsp3) is 0.462. The van der Waals surface area contributed by atoms with Gasteiger partial charge in [0.25, 0.3) is 0 Å². The third kappa shape index (κ3) is 3.12. The van der Waals surface area contributed by atoms with E-state index >= 15 is 0 Å². The Bertz CT molecular complexity index is 458. The minimum Gasteiger partial charge on any atom is -0.370 e. The first-order valence-corrected chi connectivity index (χ1v) is 6.39. The molecule has 0 bridgehead atoms. The van der Waals surface area contributed by atoms with E-state index < -0.39 is 5.82 Å². The maximum atomic E-state index is 13.1. The summed E-state index contributed by atoms with van der Waals surface area (Å²) in [6.07, 6.45) is 2.12. The zero-order valence-corrected chi connectivity index (χ0v) is 10.8. The summed E-state index contributed by atoms with van der Waals surface area (Å²) in [5.74, 6) is -0.392. The van der Waals surface area contributed by atoms with Crippen molar-refractivity contribution in [3.63, 3.8) is 0 Å². The Balaban J connectivity index is 2.04. The molecule has 1 aromatic carbocycles. The topological polar surface area (TPSA) is 39.1 Å². The van der Waals surface area contributed by atoms with Gasteiger partial charge >= 0.3 is 0 Å². The molecule has 5 heteroatoms. The molecule has 1 atom stereocenters. The molecule has 0 aromatic heterocycles. The molecule has 1 aliphatic heterocycles. The Morgan fingerprint density at radius 1 is 1.56 bits per heavy atom. The van der Waals surface area contributed by atoms with Crippen molar-refractivity contribution in [3.05, 3.63) is 29.0 Å². The van der Waals surface area contributed by atoms with Gasteiger partial charge in [-0.15, -0.1) is 0 Å². The summed E-state index contributed by atoms with van der Waals surface area (Å²) in [7, 11) is 0. The predicted octanol–water partition coefficient (Wildman–Crippen LogP) is 2.56. The van der Waals surface area contributed by atoms with Crippen molar-refractivity contribution >= 4 is 17.3 Å². The van der Waals surface area contributed by atoms with Gasteiger partial charge in [0, 0.05) is 24.8 Å². The lowest BCUT2D eigenvalue weighted by atomic mass is 10.0. The zero-order chi connectivity index (χ0) is 13.0. The van der Waals surface area contributed by atoms with Gasteiger partial charge in [0.1, 0.15) is 5.82 Å². The Kier molecular flexibility index (Phi) is 4.40. The maximum absolute atomic E-state index is 13.1. The number of benzene rings is 1. The van der Waals surface area contributed by atoms with Crippen LogP contribution in [0.4, 0.5) is 10.1 Å². The van der Waals surface area contributed by atoms with Gasteiger partial charge in [-0.2, -0.15) is 5.26 Å². The lowest BCUT2D eigenvalue weighted by Crippen LogP contribution is -2.45. The molecule has 1 fully saturated rings. The summed E-state index contributed by atoms with van der Waals surface area (Å²) in [5, 5.41) is 11.9. The van der Waals surface area contributed by atoms with Crippen molar-refractivity contribution in [3.8, 4) is 6.07 Å². The molecule has 1 aromatic rings. The molecule has 18 heavy (non-hydrogen) atoms. The lowest BCUT2D eigenvalue weighted by molar-refractivity contribution is 0.439. The minimum atomic E-state index is -0.392. The molecule has 1 aliphatic rings. The van der Waals surface area contributed by atoms with Gasteiger partial charge in [0.2, 0.25) is 0 Å². The number of nitriles is 1. The lowest BCUT2D eigenvalue weighted by Gasteiger charge is -2.34. The summed E-state index contributed by atoms with van der Waals surface area (Å²) in [5.41, 5.74) is 0.935. The third-order valence-electron chi connectivity index (χ3n) is 3.16. The van der Waals surface area contributed by atoms with Crippen LogP contribution in [0.5, 0.6) is 0 Å². The monoisotopic (exact) mass is 267 g/mol. The molecule has 0 radical (unpaired) electrons. The van der Waals surface area contributed by atoms with Crippen LogP contribution in [0.3, 0.4) is 0 Å². The number of anilines is 1. The van der Waals surface area contributed by atoms with Crippen molar-refractivity contribution in [1.29, 1.82) is 5.26 Å². The summed E-state index contributed by atoms with van der Waals surface area (Å²) in [6, 6.07) is 7.19. The number of nitrogens with one attached hydrogen (secondary N) is 1. The summed E-state index contributed by atoms with van der Waals surface area (Å²) in [4.78, 5) is 2.17. The largest absolute Gasteiger partial charge is 0.370 e. The van der Waals surface area contributed by atoms with E-state index in [9.17, 15) is 4.39 Å². The quantitative estimate of drug-likeness (QED) is 0.856.